The highest BCUT2D eigenvalue weighted by Gasteiger charge is 2.36. The molecule has 1 aliphatic rings. The van der Waals surface area contributed by atoms with Crippen LogP contribution in [0.25, 0.3) is 0 Å². The number of urea groups is 1. The van der Waals surface area contributed by atoms with Crippen molar-refractivity contribution in [3.8, 4) is 17.2 Å². The molecule has 2 N–H and O–H groups in total. The van der Waals surface area contributed by atoms with Gasteiger partial charge in [0.1, 0.15) is 0 Å². The van der Waals surface area contributed by atoms with Gasteiger partial charge in [-0.05, 0) is 24.6 Å². The lowest BCUT2D eigenvalue weighted by molar-refractivity contribution is -0.183. The fourth-order valence-electron chi connectivity index (χ4n) is 2.71. The Morgan fingerprint density at radius 2 is 1.68 bits per heavy atom. The van der Waals surface area contributed by atoms with E-state index < -0.39 is 30.8 Å². The maximum atomic E-state index is 12.4. The van der Waals surface area contributed by atoms with Gasteiger partial charge >= 0.3 is 18.2 Å². The van der Waals surface area contributed by atoms with E-state index in [1.807, 2.05) is 0 Å². The van der Waals surface area contributed by atoms with Crippen LogP contribution in [-0.2, 0) is 9.53 Å². The minimum Gasteiger partial charge on any atom is -0.493 e. The van der Waals surface area contributed by atoms with Crippen molar-refractivity contribution in [2.45, 2.75) is 19.1 Å². The zero-order chi connectivity index (χ0) is 21.1. The Morgan fingerprint density at radius 1 is 1.11 bits per heavy atom. The van der Waals surface area contributed by atoms with E-state index in [9.17, 15) is 22.8 Å². The molecular formula is C17H19F3N2O6. The molecule has 0 aliphatic carbocycles. The lowest BCUT2D eigenvalue weighted by Gasteiger charge is -2.29. The molecule has 1 aliphatic heterocycles. The lowest BCUT2D eigenvalue weighted by Crippen LogP contribution is -2.45. The zero-order valence-electron chi connectivity index (χ0n) is 15.5. The van der Waals surface area contributed by atoms with Crippen molar-refractivity contribution in [1.29, 1.82) is 0 Å². The molecule has 28 heavy (non-hydrogen) atoms. The molecule has 2 rings (SSSR count). The minimum atomic E-state index is -4.68. The van der Waals surface area contributed by atoms with Gasteiger partial charge in [-0.15, -0.1) is 0 Å². The summed E-state index contributed by atoms with van der Waals surface area (Å²) in [6, 6.07) is 1.22. The van der Waals surface area contributed by atoms with Crippen LogP contribution in [0.5, 0.6) is 17.2 Å². The molecule has 0 radical (unpaired) electrons. The first-order chi connectivity index (χ1) is 13.1. The maximum absolute atomic E-state index is 12.4. The summed E-state index contributed by atoms with van der Waals surface area (Å²) >= 11 is 0. The highest BCUT2D eigenvalue weighted by atomic mass is 19.4. The van der Waals surface area contributed by atoms with Gasteiger partial charge in [-0.2, -0.15) is 13.2 Å². The van der Waals surface area contributed by atoms with E-state index in [2.05, 4.69) is 15.4 Å². The number of alkyl halides is 3. The molecule has 1 aromatic rings. The summed E-state index contributed by atoms with van der Waals surface area (Å²) in [5.74, 6) is -0.465. The van der Waals surface area contributed by atoms with Crippen molar-refractivity contribution in [1.82, 2.24) is 10.6 Å². The first-order valence-electron chi connectivity index (χ1n) is 7.93. The number of hydrogen-bond donors (Lipinski definition) is 2. The standard InChI is InChI=1S/C17H19F3N2O6/c1-8-12(15(23)28-7-17(18,19)20)13(22-16(24)21-8)9-5-10(25-2)14(27-4)11(6-9)26-3/h5-6,13H,7H2,1-4H3,(H2,21,22,24)/t13-/m0/s1. The first kappa shape index (κ1) is 21.2. The third-order valence-corrected chi connectivity index (χ3v) is 3.88. The van der Waals surface area contributed by atoms with Crippen molar-refractivity contribution >= 4 is 12.0 Å². The van der Waals surface area contributed by atoms with E-state index in [0.717, 1.165) is 0 Å². The second kappa shape index (κ2) is 8.28. The van der Waals surface area contributed by atoms with Crippen LogP contribution in [-0.4, -0.2) is 46.1 Å². The van der Waals surface area contributed by atoms with Crippen molar-refractivity contribution in [2.24, 2.45) is 0 Å². The van der Waals surface area contributed by atoms with Gasteiger partial charge < -0.3 is 29.6 Å². The molecular weight excluding hydrogens is 385 g/mol. The average molecular weight is 404 g/mol. The average Bonchev–Trinajstić information content (AvgIpc) is 2.63. The lowest BCUT2D eigenvalue weighted by atomic mass is 9.95. The van der Waals surface area contributed by atoms with E-state index in [4.69, 9.17) is 14.2 Å². The highest BCUT2D eigenvalue weighted by molar-refractivity contribution is 5.95. The fraction of sp³-hybridized carbons (Fsp3) is 0.412. The van der Waals surface area contributed by atoms with E-state index in [0.29, 0.717) is 5.56 Å². The maximum Gasteiger partial charge on any atom is 0.422 e. The summed E-state index contributed by atoms with van der Waals surface area (Å²) in [4.78, 5) is 24.2. The van der Waals surface area contributed by atoms with Gasteiger partial charge in [0.2, 0.25) is 5.75 Å². The topological polar surface area (TPSA) is 95.1 Å². The number of ether oxygens (including phenoxy) is 4. The van der Waals surface area contributed by atoms with Crippen molar-refractivity contribution < 1.29 is 41.7 Å². The number of halogens is 3. The smallest absolute Gasteiger partial charge is 0.422 e. The Bertz CT molecular complexity index is 782. The molecule has 8 nitrogen and oxygen atoms in total. The van der Waals surface area contributed by atoms with E-state index in [-0.39, 0.29) is 28.5 Å². The van der Waals surface area contributed by atoms with E-state index in [1.54, 1.807) is 0 Å². The largest absolute Gasteiger partial charge is 0.493 e. The molecule has 0 unspecified atom stereocenters. The molecule has 0 bridgehead atoms. The van der Waals surface area contributed by atoms with Gasteiger partial charge in [-0.25, -0.2) is 9.59 Å². The number of nitrogens with one attached hydrogen (secondary N) is 2. The SMILES string of the molecule is COc1cc([C@@H]2NC(=O)NC(C)=C2C(=O)OCC(F)(F)F)cc(OC)c1OC. The van der Waals surface area contributed by atoms with Crippen LogP contribution in [0.2, 0.25) is 0 Å². The Labute approximate surface area is 158 Å². The zero-order valence-corrected chi connectivity index (χ0v) is 15.5. The van der Waals surface area contributed by atoms with Crippen LogP contribution >= 0.6 is 0 Å². The summed E-state index contributed by atoms with van der Waals surface area (Å²) < 4.78 is 57.3. The van der Waals surface area contributed by atoms with Crippen molar-refractivity contribution in [3.05, 3.63) is 29.0 Å². The number of rotatable bonds is 6. The second-order valence-electron chi connectivity index (χ2n) is 5.72. The van der Waals surface area contributed by atoms with Crippen molar-refractivity contribution in [2.75, 3.05) is 27.9 Å². The summed E-state index contributed by atoms with van der Waals surface area (Å²) in [6.45, 7) is -0.369. The van der Waals surface area contributed by atoms with Crippen LogP contribution in [0.3, 0.4) is 0 Å². The van der Waals surface area contributed by atoms with Crippen LogP contribution in [0.15, 0.2) is 23.4 Å². The quantitative estimate of drug-likeness (QED) is 0.708. The van der Waals surface area contributed by atoms with Crippen LogP contribution < -0.4 is 24.8 Å². The molecule has 0 saturated carbocycles. The number of allylic oxidation sites excluding steroid dienone is 1. The van der Waals surface area contributed by atoms with Gasteiger partial charge in [-0.3, -0.25) is 0 Å². The number of esters is 1. The second-order valence-corrected chi connectivity index (χ2v) is 5.72. The highest BCUT2D eigenvalue weighted by Crippen LogP contribution is 2.41. The molecule has 1 heterocycles. The number of hydrogen-bond acceptors (Lipinski definition) is 6. The van der Waals surface area contributed by atoms with Gasteiger partial charge in [0.25, 0.3) is 0 Å². The molecule has 0 fully saturated rings. The van der Waals surface area contributed by atoms with Gasteiger partial charge in [0.15, 0.2) is 18.1 Å². The number of benzene rings is 1. The molecule has 0 spiro atoms. The summed E-state index contributed by atoms with van der Waals surface area (Å²) in [5, 5.41) is 4.84. The summed E-state index contributed by atoms with van der Waals surface area (Å²) in [5.41, 5.74) is 0.204. The predicted octanol–water partition coefficient (Wildman–Crippen LogP) is 2.45. The Morgan fingerprint density at radius 3 is 2.14 bits per heavy atom. The molecule has 1 atom stereocenters. The van der Waals surface area contributed by atoms with Crippen LogP contribution in [0.4, 0.5) is 18.0 Å². The predicted molar refractivity (Wildman–Crippen MR) is 90.2 cm³/mol. The number of carbonyl (C=O) groups excluding carboxylic acids is 2. The Balaban J connectivity index is 2.50. The monoisotopic (exact) mass is 404 g/mol. The van der Waals surface area contributed by atoms with E-state index >= 15 is 0 Å². The van der Waals surface area contributed by atoms with E-state index in [1.165, 1.54) is 40.4 Å². The van der Waals surface area contributed by atoms with Gasteiger partial charge in [-0.1, -0.05) is 0 Å². The summed E-state index contributed by atoms with van der Waals surface area (Å²) in [6.07, 6.45) is -4.68. The number of methoxy groups -OCH3 is 3. The summed E-state index contributed by atoms with van der Waals surface area (Å²) in [7, 11) is 4.15. The molecule has 154 valence electrons. The number of amides is 2. The van der Waals surface area contributed by atoms with Crippen LogP contribution in [0, 0.1) is 0 Å². The Hall–Kier alpha value is -3.11. The molecule has 2 amide bonds. The number of carbonyl (C=O) groups is 2. The third kappa shape index (κ3) is 4.59. The van der Waals surface area contributed by atoms with Crippen molar-refractivity contribution in [3.63, 3.8) is 0 Å². The molecule has 1 aromatic carbocycles. The molecule has 11 heteroatoms. The van der Waals surface area contributed by atoms with Gasteiger partial charge in [0, 0.05) is 5.70 Å². The van der Waals surface area contributed by atoms with Crippen LogP contribution in [0.1, 0.15) is 18.5 Å². The minimum absolute atomic E-state index is 0.0645. The fourth-order valence-corrected chi connectivity index (χ4v) is 2.71. The molecule has 0 aromatic heterocycles. The molecule has 0 saturated heterocycles. The third-order valence-electron chi connectivity index (χ3n) is 3.88. The normalized spacial score (nSPS) is 16.8. The first-order valence-corrected chi connectivity index (χ1v) is 7.93. The Kier molecular flexibility index (Phi) is 6.26. The van der Waals surface area contributed by atoms with Gasteiger partial charge in [0.05, 0.1) is 32.9 Å².